The summed E-state index contributed by atoms with van der Waals surface area (Å²) in [6, 6.07) is 0. The third kappa shape index (κ3) is 3.20. The molecule has 2 rings (SSSR count). The minimum absolute atomic E-state index is 0. The Morgan fingerprint density at radius 3 is 2.78 bits per heavy atom. The lowest BCUT2D eigenvalue weighted by Crippen LogP contribution is -2.46. The van der Waals surface area contributed by atoms with Gasteiger partial charge in [-0.2, -0.15) is 0 Å². The highest BCUT2D eigenvalue weighted by Gasteiger charge is 2.39. The van der Waals surface area contributed by atoms with Gasteiger partial charge < -0.3 is 15.8 Å². The van der Waals surface area contributed by atoms with E-state index in [4.69, 9.17) is 10.5 Å². The number of aromatic nitrogens is 1. The van der Waals surface area contributed by atoms with Crippen LogP contribution in [0.15, 0.2) is 6.20 Å². The van der Waals surface area contributed by atoms with Crippen LogP contribution < -0.4 is 11.1 Å². The predicted molar refractivity (Wildman–Crippen MR) is 74.3 cm³/mol. The summed E-state index contributed by atoms with van der Waals surface area (Å²) in [7, 11) is 0. The minimum Gasteiger partial charge on any atom is -0.381 e. The molecule has 1 saturated heterocycles. The molecule has 1 amide bonds. The Hall–Kier alpha value is -0.690. The van der Waals surface area contributed by atoms with E-state index >= 15 is 0 Å². The first-order valence-electron chi connectivity index (χ1n) is 5.68. The number of rotatable bonds is 3. The van der Waals surface area contributed by atoms with E-state index in [0.717, 1.165) is 4.88 Å². The first-order valence-corrected chi connectivity index (χ1v) is 6.50. The van der Waals surface area contributed by atoms with Crippen LogP contribution in [0.2, 0.25) is 0 Å². The van der Waals surface area contributed by atoms with Crippen LogP contribution in [0.25, 0.3) is 0 Å². The van der Waals surface area contributed by atoms with Crippen LogP contribution >= 0.6 is 23.7 Å². The number of nitrogens with one attached hydrogen (secondary N) is 1. The highest BCUT2D eigenvalue weighted by Crippen LogP contribution is 2.31. The van der Waals surface area contributed by atoms with Crippen LogP contribution in [-0.2, 0) is 9.53 Å². The van der Waals surface area contributed by atoms with E-state index in [9.17, 15) is 4.79 Å². The van der Waals surface area contributed by atoms with Crippen LogP contribution in [0.3, 0.4) is 0 Å². The van der Waals surface area contributed by atoms with Crippen molar-refractivity contribution in [1.82, 2.24) is 4.98 Å². The van der Waals surface area contributed by atoms with Crippen molar-refractivity contribution < 1.29 is 9.53 Å². The fourth-order valence-electron chi connectivity index (χ4n) is 1.93. The Labute approximate surface area is 117 Å². The molecule has 1 fully saturated rings. The third-order valence-corrected chi connectivity index (χ3v) is 3.99. The van der Waals surface area contributed by atoms with Crippen LogP contribution in [-0.4, -0.2) is 30.6 Å². The molecule has 0 atom stereocenters. The van der Waals surface area contributed by atoms with Gasteiger partial charge in [-0.25, -0.2) is 4.98 Å². The standard InChI is InChI=1S/C11H17N3O2S.ClH/c1-8-6-13-10(17-8)14-9(15)11(7-12)2-4-16-5-3-11;/h6H,2-5,7,12H2,1H3,(H,13,14,15);1H. The lowest BCUT2D eigenvalue weighted by Gasteiger charge is -2.34. The maximum Gasteiger partial charge on any atom is 0.233 e. The Kier molecular flexibility index (Phi) is 5.52. The zero-order valence-electron chi connectivity index (χ0n) is 10.3. The average molecular weight is 292 g/mol. The van der Waals surface area contributed by atoms with Gasteiger partial charge in [-0.1, -0.05) is 0 Å². The molecule has 18 heavy (non-hydrogen) atoms. The van der Waals surface area contributed by atoms with E-state index in [2.05, 4.69) is 10.3 Å². The molecule has 3 N–H and O–H groups in total. The van der Waals surface area contributed by atoms with Crippen LogP contribution in [0, 0.1) is 12.3 Å². The van der Waals surface area contributed by atoms with Gasteiger partial charge in [0.1, 0.15) is 0 Å². The maximum absolute atomic E-state index is 12.2. The number of aryl methyl sites for hydroxylation is 1. The van der Waals surface area contributed by atoms with Crippen molar-refractivity contribution in [3.05, 3.63) is 11.1 Å². The Morgan fingerprint density at radius 2 is 2.28 bits per heavy atom. The smallest absolute Gasteiger partial charge is 0.233 e. The van der Waals surface area contributed by atoms with Crippen molar-refractivity contribution >= 4 is 34.8 Å². The number of thiazole rings is 1. The van der Waals surface area contributed by atoms with Gasteiger partial charge in [0.2, 0.25) is 5.91 Å². The van der Waals surface area contributed by atoms with Crippen molar-refractivity contribution in [2.75, 3.05) is 25.1 Å². The normalized spacial score (nSPS) is 17.9. The molecule has 2 heterocycles. The quantitative estimate of drug-likeness (QED) is 0.886. The first-order chi connectivity index (χ1) is 8.16. The summed E-state index contributed by atoms with van der Waals surface area (Å²) in [5, 5.41) is 3.50. The predicted octanol–water partition coefficient (Wildman–Crippen LogP) is 1.57. The number of nitrogens with zero attached hydrogens (tertiary/aromatic N) is 1. The second kappa shape index (κ2) is 6.47. The minimum atomic E-state index is -0.488. The number of halogens is 1. The summed E-state index contributed by atoms with van der Waals surface area (Å²) < 4.78 is 5.28. The van der Waals surface area contributed by atoms with E-state index in [-0.39, 0.29) is 18.3 Å². The van der Waals surface area contributed by atoms with Crippen molar-refractivity contribution in [2.45, 2.75) is 19.8 Å². The molecule has 1 aromatic heterocycles. The van der Waals surface area contributed by atoms with Gasteiger partial charge in [-0.05, 0) is 19.8 Å². The molecule has 0 radical (unpaired) electrons. The Bertz CT molecular complexity index is 405. The van der Waals surface area contributed by atoms with E-state index in [1.165, 1.54) is 11.3 Å². The van der Waals surface area contributed by atoms with E-state index in [0.29, 0.717) is 37.7 Å². The summed E-state index contributed by atoms with van der Waals surface area (Å²) in [6.45, 7) is 3.51. The number of amides is 1. The summed E-state index contributed by atoms with van der Waals surface area (Å²) in [6.07, 6.45) is 3.11. The van der Waals surface area contributed by atoms with E-state index < -0.39 is 5.41 Å². The van der Waals surface area contributed by atoms with Gasteiger partial charge in [0.25, 0.3) is 0 Å². The molecule has 7 heteroatoms. The Morgan fingerprint density at radius 1 is 1.61 bits per heavy atom. The van der Waals surface area contributed by atoms with Crippen LogP contribution in [0.1, 0.15) is 17.7 Å². The molecular weight excluding hydrogens is 274 g/mol. The number of carbonyl (C=O) groups is 1. The zero-order valence-corrected chi connectivity index (χ0v) is 11.9. The largest absolute Gasteiger partial charge is 0.381 e. The monoisotopic (exact) mass is 291 g/mol. The number of ether oxygens (including phenoxy) is 1. The number of nitrogens with two attached hydrogens (primary N) is 1. The summed E-state index contributed by atoms with van der Waals surface area (Å²) in [5.41, 5.74) is 5.28. The lowest BCUT2D eigenvalue weighted by molar-refractivity contribution is -0.130. The third-order valence-electron chi connectivity index (χ3n) is 3.16. The molecular formula is C11H18ClN3O2S. The highest BCUT2D eigenvalue weighted by molar-refractivity contribution is 7.15. The van der Waals surface area contributed by atoms with Gasteiger partial charge in [-0.15, -0.1) is 23.7 Å². The molecule has 1 aliphatic rings. The molecule has 0 unspecified atom stereocenters. The average Bonchev–Trinajstić information content (AvgIpc) is 2.75. The molecule has 0 saturated carbocycles. The molecule has 0 aliphatic carbocycles. The summed E-state index contributed by atoms with van der Waals surface area (Å²) in [5.74, 6) is -0.0300. The number of hydrogen-bond acceptors (Lipinski definition) is 5. The van der Waals surface area contributed by atoms with Crippen molar-refractivity contribution in [3.8, 4) is 0 Å². The van der Waals surface area contributed by atoms with Crippen LogP contribution in [0.5, 0.6) is 0 Å². The molecule has 5 nitrogen and oxygen atoms in total. The van der Waals surface area contributed by atoms with Gasteiger partial charge in [-0.3, -0.25) is 4.79 Å². The zero-order chi connectivity index (χ0) is 12.3. The van der Waals surface area contributed by atoms with Gasteiger partial charge in [0, 0.05) is 30.8 Å². The second-order valence-corrected chi connectivity index (χ2v) is 5.56. The molecule has 0 aromatic carbocycles. The highest BCUT2D eigenvalue weighted by atomic mass is 35.5. The molecule has 1 aliphatic heterocycles. The number of hydrogen-bond donors (Lipinski definition) is 2. The van der Waals surface area contributed by atoms with Crippen molar-refractivity contribution in [3.63, 3.8) is 0 Å². The van der Waals surface area contributed by atoms with Gasteiger partial charge >= 0.3 is 0 Å². The first kappa shape index (κ1) is 15.4. The molecule has 1 aromatic rings. The fraction of sp³-hybridized carbons (Fsp3) is 0.636. The molecule has 0 bridgehead atoms. The van der Waals surface area contributed by atoms with E-state index in [1.807, 2.05) is 6.92 Å². The molecule has 102 valence electrons. The Balaban J connectivity index is 0.00000162. The topological polar surface area (TPSA) is 77.2 Å². The van der Waals surface area contributed by atoms with Gasteiger partial charge in [0.15, 0.2) is 5.13 Å². The van der Waals surface area contributed by atoms with E-state index in [1.54, 1.807) is 6.20 Å². The molecule has 0 spiro atoms. The second-order valence-electron chi connectivity index (χ2n) is 4.33. The number of carbonyl (C=O) groups excluding carboxylic acids is 1. The lowest BCUT2D eigenvalue weighted by atomic mass is 9.79. The number of anilines is 1. The maximum atomic E-state index is 12.2. The summed E-state index contributed by atoms with van der Waals surface area (Å²) in [4.78, 5) is 17.5. The van der Waals surface area contributed by atoms with Crippen molar-refractivity contribution in [2.24, 2.45) is 11.1 Å². The van der Waals surface area contributed by atoms with Crippen molar-refractivity contribution in [1.29, 1.82) is 0 Å². The SMILES string of the molecule is Cc1cnc(NC(=O)C2(CN)CCOCC2)s1.Cl. The van der Waals surface area contributed by atoms with Gasteiger partial charge in [0.05, 0.1) is 5.41 Å². The van der Waals surface area contributed by atoms with Crippen LogP contribution in [0.4, 0.5) is 5.13 Å². The fourth-order valence-corrected chi connectivity index (χ4v) is 2.59. The summed E-state index contributed by atoms with van der Waals surface area (Å²) >= 11 is 1.47.